The Morgan fingerprint density at radius 2 is 2.06 bits per heavy atom. The van der Waals surface area contributed by atoms with Crippen molar-refractivity contribution in [1.29, 1.82) is 0 Å². The van der Waals surface area contributed by atoms with E-state index in [1.54, 1.807) is 18.0 Å². The topological polar surface area (TPSA) is 36.3 Å². The molecule has 4 heteroatoms. The first-order valence-electron chi connectivity index (χ1n) is 5.55. The third kappa shape index (κ3) is 2.25. The first-order chi connectivity index (χ1) is 8.26. The second-order valence-corrected chi connectivity index (χ2v) is 3.67. The molecule has 0 atom stereocenters. The van der Waals surface area contributed by atoms with Crippen LogP contribution in [0.1, 0.15) is 6.92 Å². The highest BCUT2D eigenvalue weighted by Gasteiger charge is 2.13. The van der Waals surface area contributed by atoms with E-state index in [0.717, 1.165) is 22.6 Å². The van der Waals surface area contributed by atoms with Crippen molar-refractivity contribution in [3.8, 4) is 22.6 Å². The highest BCUT2D eigenvalue weighted by molar-refractivity contribution is 5.76. The third-order valence-electron chi connectivity index (χ3n) is 2.50. The Kier molecular flexibility index (Phi) is 3.32. The summed E-state index contributed by atoms with van der Waals surface area (Å²) in [4.78, 5) is 0. The molecule has 0 bridgehead atoms. The van der Waals surface area contributed by atoms with Crippen LogP contribution < -0.4 is 9.47 Å². The molecule has 0 spiro atoms. The van der Waals surface area contributed by atoms with Crippen molar-refractivity contribution in [3.05, 3.63) is 30.6 Å². The summed E-state index contributed by atoms with van der Waals surface area (Å²) < 4.78 is 12.8. The van der Waals surface area contributed by atoms with E-state index in [4.69, 9.17) is 9.47 Å². The molecular weight excluding hydrogens is 216 g/mol. The number of hydrogen-bond donors (Lipinski definition) is 0. The minimum atomic E-state index is 0.625. The molecule has 0 N–H and O–H groups in total. The van der Waals surface area contributed by atoms with E-state index in [2.05, 4.69) is 5.10 Å². The summed E-state index contributed by atoms with van der Waals surface area (Å²) in [5, 5.41) is 4.18. The molecule has 1 aromatic heterocycles. The van der Waals surface area contributed by atoms with Crippen LogP contribution in [0.5, 0.6) is 11.5 Å². The molecule has 0 aliphatic carbocycles. The van der Waals surface area contributed by atoms with E-state index in [1.165, 1.54) is 0 Å². The van der Waals surface area contributed by atoms with Crippen LogP contribution in [0.3, 0.4) is 0 Å². The Balaban J connectivity index is 2.55. The van der Waals surface area contributed by atoms with Crippen LogP contribution in [-0.4, -0.2) is 23.5 Å². The second kappa shape index (κ2) is 4.91. The maximum absolute atomic E-state index is 5.63. The van der Waals surface area contributed by atoms with Gasteiger partial charge in [-0.05, 0) is 19.1 Å². The van der Waals surface area contributed by atoms with E-state index in [1.807, 2.05) is 38.4 Å². The average molecular weight is 232 g/mol. The summed E-state index contributed by atoms with van der Waals surface area (Å²) in [6.45, 7) is 2.59. The van der Waals surface area contributed by atoms with E-state index >= 15 is 0 Å². The lowest BCUT2D eigenvalue weighted by atomic mass is 10.1. The maximum atomic E-state index is 5.63. The van der Waals surface area contributed by atoms with Crippen molar-refractivity contribution < 1.29 is 9.47 Å². The summed E-state index contributed by atoms with van der Waals surface area (Å²) in [6.07, 6.45) is 3.75. The molecule has 17 heavy (non-hydrogen) atoms. The monoisotopic (exact) mass is 232 g/mol. The summed E-state index contributed by atoms with van der Waals surface area (Å²) >= 11 is 0. The predicted molar refractivity (Wildman–Crippen MR) is 66.4 cm³/mol. The Morgan fingerprint density at radius 1 is 1.29 bits per heavy atom. The van der Waals surface area contributed by atoms with Gasteiger partial charge in [0.05, 0.1) is 25.5 Å². The molecule has 0 fully saturated rings. The first kappa shape index (κ1) is 11.5. The number of benzene rings is 1. The number of ether oxygens (including phenoxy) is 2. The van der Waals surface area contributed by atoms with Crippen molar-refractivity contribution in [3.63, 3.8) is 0 Å². The van der Waals surface area contributed by atoms with Gasteiger partial charge in [-0.15, -0.1) is 0 Å². The minimum Gasteiger partial charge on any atom is -0.496 e. The molecule has 2 aromatic rings. The van der Waals surface area contributed by atoms with E-state index < -0.39 is 0 Å². The molecule has 0 amide bonds. The van der Waals surface area contributed by atoms with Gasteiger partial charge >= 0.3 is 0 Å². The lowest BCUT2D eigenvalue weighted by Crippen LogP contribution is -1.96. The van der Waals surface area contributed by atoms with Gasteiger partial charge in [0.15, 0.2) is 0 Å². The lowest BCUT2D eigenvalue weighted by molar-refractivity contribution is 0.338. The molecular formula is C13H16N2O2. The highest BCUT2D eigenvalue weighted by Crippen LogP contribution is 2.37. The predicted octanol–water partition coefficient (Wildman–Crippen LogP) is 2.49. The van der Waals surface area contributed by atoms with E-state index in [0.29, 0.717) is 6.61 Å². The molecule has 0 radical (unpaired) electrons. The van der Waals surface area contributed by atoms with Crippen LogP contribution in [0.15, 0.2) is 30.6 Å². The van der Waals surface area contributed by atoms with E-state index in [9.17, 15) is 0 Å². The summed E-state index contributed by atoms with van der Waals surface area (Å²) in [5.41, 5.74) is 1.94. The fourth-order valence-electron chi connectivity index (χ4n) is 1.79. The third-order valence-corrected chi connectivity index (χ3v) is 2.50. The van der Waals surface area contributed by atoms with Gasteiger partial charge < -0.3 is 9.47 Å². The van der Waals surface area contributed by atoms with Crippen LogP contribution in [-0.2, 0) is 7.05 Å². The largest absolute Gasteiger partial charge is 0.496 e. The summed E-state index contributed by atoms with van der Waals surface area (Å²) in [6, 6.07) is 5.78. The van der Waals surface area contributed by atoms with Crippen LogP contribution in [0, 0.1) is 0 Å². The Bertz CT molecular complexity index is 506. The highest BCUT2D eigenvalue weighted by atomic mass is 16.5. The van der Waals surface area contributed by atoms with Crippen LogP contribution in [0.4, 0.5) is 0 Å². The van der Waals surface area contributed by atoms with Gasteiger partial charge in [-0.3, -0.25) is 4.68 Å². The standard InChI is InChI=1S/C13H16N2O2/c1-4-17-12-7-5-6-11(16-3)13(12)10-8-14-15(2)9-10/h5-9H,4H2,1-3H3. The number of rotatable bonds is 4. The number of methoxy groups -OCH3 is 1. The number of hydrogen-bond acceptors (Lipinski definition) is 3. The number of aromatic nitrogens is 2. The fraction of sp³-hybridized carbons (Fsp3) is 0.308. The molecule has 2 rings (SSSR count). The Hall–Kier alpha value is -1.97. The maximum Gasteiger partial charge on any atom is 0.130 e. The van der Waals surface area contributed by atoms with E-state index in [-0.39, 0.29) is 0 Å². The molecule has 0 saturated carbocycles. The molecule has 4 nitrogen and oxygen atoms in total. The van der Waals surface area contributed by atoms with Crippen molar-refractivity contribution in [2.24, 2.45) is 7.05 Å². The van der Waals surface area contributed by atoms with Crippen molar-refractivity contribution in [2.75, 3.05) is 13.7 Å². The normalized spacial score (nSPS) is 10.3. The fourth-order valence-corrected chi connectivity index (χ4v) is 1.79. The van der Waals surface area contributed by atoms with Gasteiger partial charge in [0.1, 0.15) is 11.5 Å². The number of nitrogens with zero attached hydrogens (tertiary/aromatic N) is 2. The minimum absolute atomic E-state index is 0.625. The zero-order valence-corrected chi connectivity index (χ0v) is 10.3. The Labute approximate surface area is 101 Å². The van der Waals surface area contributed by atoms with Crippen LogP contribution >= 0.6 is 0 Å². The molecule has 1 aromatic carbocycles. The molecule has 90 valence electrons. The molecule has 0 aliphatic heterocycles. The average Bonchev–Trinajstić information content (AvgIpc) is 2.75. The molecule has 1 heterocycles. The second-order valence-electron chi connectivity index (χ2n) is 3.67. The van der Waals surface area contributed by atoms with Gasteiger partial charge in [-0.2, -0.15) is 5.10 Å². The first-order valence-corrected chi connectivity index (χ1v) is 5.55. The van der Waals surface area contributed by atoms with Crippen molar-refractivity contribution >= 4 is 0 Å². The molecule has 0 unspecified atom stereocenters. The SMILES string of the molecule is CCOc1cccc(OC)c1-c1cnn(C)c1. The quantitative estimate of drug-likeness (QED) is 0.812. The van der Waals surface area contributed by atoms with Crippen LogP contribution in [0.25, 0.3) is 11.1 Å². The molecule has 0 aliphatic rings. The zero-order chi connectivity index (χ0) is 12.3. The lowest BCUT2D eigenvalue weighted by Gasteiger charge is -2.12. The Morgan fingerprint density at radius 3 is 2.65 bits per heavy atom. The molecule has 0 saturated heterocycles. The smallest absolute Gasteiger partial charge is 0.130 e. The van der Waals surface area contributed by atoms with Crippen LogP contribution in [0.2, 0.25) is 0 Å². The van der Waals surface area contributed by atoms with Gasteiger partial charge in [-0.1, -0.05) is 6.07 Å². The summed E-state index contributed by atoms with van der Waals surface area (Å²) in [7, 11) is 3.55. The van der Waals surface area contributed by atoms with Gasteiger partial charge in [-0.25, -0.2) is 0 Å². The summed E-state index contributed by atoms with van der Waals surface area (Å²) in [5.74, 6) is 1.61. The van der Waals surface area contributed by atoms with Gasteiger partial charge in [0.2, 0.25) is 0 Å². The van der Waals surface area contributed by atoms with Gasteiger partial charge in [0, 0.05) is 18.8 Å². The van der Waals surface area contributed by atoms with Crippen molar-refractivity contribution in [2.45, 2.75) is 6.92 Å². The zero-order valence-electron chi connectivity index (χ0n) is 10.3. The van der Waals surface area contributed by atoms with Gasteiger partial charge in [0.25, 0.3) is 0 Å². The van der Waals surface area contributed by atoms with Crippen molar-refractivity contribution in [1.82, 2.24) is 9.78 Å². The number of aryl methyl sites for hydroxylation is 1.